The summed E-state index contributed by atoms with van der Waals surface area (Å²) in [4.78, 5) is 25.5. The van der Waals surface area contributed by atoms with Crippen LogP contribution in [0.5, 0.6) is 0 Å². The molecule has 1 saturated heterocycles. The first-order valence-electron chi connectivity index (χ1n) is 6.62. The molecular formula is C13H24N2O3. The van der Waals surface area contributed by atoms with Gasteiger partial charge >= 0.3 is 6.03 Å². The monoisotopic (exact) mass is 256 g/mol. The third-order valence-electron chi connectivity index (χ3n) is 3.14. The van der Waals surface area contributed by atoms with Crippen LogP contribution in [-0.2, 0) is 4.79 Å². The van der Waals surface area contributed by atoms with Gasteiger partial charge in [0.2, 0.25) is 0 Å². The number of amides is 3. The molecule has 0 aromatic heterocycles. The predicted molar refractivity (Wildman–Crippen MR) is 69.1 cm³/mol. The van der Waals surface area contributed by atoms with Crippen molar-refractivity contribution in [1.82, 2.24) is 10.2 Å². The average Bonchev–Trinajstić information content (AvgIpc) is 2.43. The molecule has 3 amide bonds. The van der Waals surface area contributed by atoms with Crippen LogP contribution in [0.15, 0.2) is 0 Å². The van der Waals surface area contributed by atoms with E-state index in [-0.39, 0.29) is 18.5 Å². The number of hydrogen-bond donors (Lipinski definition) is 2. The van der Waals surface area contributed by atoms with E-state index in [2.05, 4.69) is 5.32 Å². The summed E-state index contributed by atoms with van der Waals surface area (Å²) in [6, 6.07) is -0.385. The summed E-state index contributed by atoms with van der Waals surface area (Å²) in [6.07, 6.45) is 2.96. The first kappa shape index (κ1) is 15.0. The molecule has 104 valence electrons. The number of β-amino-alcohol motifs (C(OH)–C–C–N with tert-alkyl or cyclic N) is 1. The zero-order chi connectivity index (χ0) is 14.0. The topological polar surface area (TPSA) is 69.6 Å². The fourth-order valence-corrected chi connectivity index (χ4v) is 2.52. The largest absolute Gasteiger partial charge is 0.389 e. The van der Waals surface area contributed by atoms with Crippen LogP contribution < -0.4 is 5.32 Å². The lowest BCUT2D eigenvalue weighted by Gasteiger charge is -2.27. The zero-order valence-corrected chi connectivity index (χ0v) is 11.7. The van der Waals surface area contributed by atoms with E-state index in [0.717, 1.165) is 17.7 Å². The van der Waals surface area contributed by atoms with E-state index < -0.39 is 11.1 Å². The molecule has 5 heteroatoms. The van der Waals surface area contributed by atoms with Gasteiger partial charge in [-0.15, -0.1) is 0 Å². The van der Waals surface area contributed by atoms with Crippen molar-refractivity contribution >= 4 is 11.9 Å². The Bertz CT molecular complexity index is 328. The van der Waals surface area contributed by atoms with Gasteiger partial charge in [-0.3, -0.25) is 9.69 Å². The van der Waals surface area contributed by atoms with Crippen LogP contribution in [0.25, 0.3) is 0 Å². The molecule has 0 aromatic carbocycles. The van der Waals surface area contributed by atoms with Gasteiger partial charge < -0.3 is 10.4 Å². The molecule has 0 aliphatic carbocycles. The molecule has 0 bridgehead atoms. The first-order valence-corrected chi connectivity index (χ1v) is 6.62. The second kappa shape index (κ2) is 5.26. The van der Waals surface area contributed by atoms with E-state index in [1.807, 2.05) is 13.8 Å². The summed E-state index contributed by atoms with van der Waals surface area (Å²) in [5.74, 6) is -0.196. The number of carbonyl (C=O) groups excluding carboxylic acids is 2. The maximum absolute atomic E-state index is 12.4. The number of nitrogens with zero attached hydrogens (tertiary/aromatic N) is 1. The Morgan fingerprint density at radius 1 is 1.22 bits per heavy atom. The van der Waals surface area contributed by atoms with Crippen LogP contribution in [-0.4, -0.2) is 39.6 Å². The molecule has 1 aliphatic rings. The molecular weight excluding hydrogens is 232 g/mol. The molecule has 0 radical (unpaired) electrons. The van der Waals surface area contributed by atoms with Gasteiger partial charge in [0.15, 0.2) is 0 Å². The van der Waals surface area contributed by atoms with E-state index in [1.165, 1.54) is 0 Å². The SMILES string of the molecule is CCCC1(CCC)NC(=O)N(CC(C)(C)O)C1=O. The molecule has 0 spiro atoms. The van der Waals surface area contributed by atoms with Gasteiger partial charge in [0.25, 0.3) is 5.91 Å². The summed E-state index contributed by atoms with van der Waals surface area (Å²) in [6.45, 7) is 7.21. The van der Waals surface area contributed by atoms with Crippen LogP contribution in [0.2, 0.25) is 0 Å². The van der Waals surface area contributed by atoms with E-state index in [1.54, 1.807) is 13.8 Å². The molecule has 0 saturated carbocycles. The van der Waals surface area contributed by atoms with Crippen LogP contribution in [0.4, 0.5) is 4.79 Å². The van der Waals surface area contributed by atoms with E-state index in [9.17, 15) is 14.7 Å². The maximum atomic E-state index is 12.4. The summed E-state index contributed by atoms with van der Waals surface area (Å²) in [5.41, 5.74) is -1.83. The van der Waals surface area contributed by atoms with Gasteiger partial charge in [-0.2, -0.15) is 0 Å². The van der Waals surface area contributed by atoms with Gasteiger partial charge in [0.1, 0.15) is 5.54 Å². The minimum atomic E-state index is -1.07. The van der Waals surface area contributed by atoms with E-state index in [0.29, 0.717) is 12.8 Å². The Labute approximate surface area is 109 Å². The molecule has 18 heavy (non-hydrogen) atoms. The summed E-state index contributed by atoms with van der Waals surface area (Å²) in [5, 5.41) is 12.6. The van der Waals surface area contributed by atoms with Crippen molar-refractivity contribution < 1.29 is 14.7 Å². The number of nitrogens with one attached hydrogen (secondary N) is 1. The van der Waals surface area contributed by atoms with E-state index in [4.69, 9.17) is 0 Å². The molecule has 1 fully saturated rings. The van der Waals surface area contributed by atoms with Crippen molar-refractivity contribution in [2.75, 3.05) is 6.54 Å². The highest BCUT2D eigenvalue weighted by atomic mass is 16.3. The molecule has 0 aromatic rings. The molecule has 2 N–H and O–H groups in total. The second-order valence-electron chi connectivity index (χ2n) is 5.72. The minimum Gasteiger partial charge on any atom is -0.389 e. The van der Waals surface area contributed by atoms with Gasteiger partial charge in [-0.1, -0.05) is 26.7 Å². The Morgan fingerprint density at radius 2 is 1.72 bits per heavy atom. The number of rotatable bonds is 6. The van der Waals surface area contributed by atoms with Crippen LogP contribution in [0.1, 0.15) is 53.4 Å². The first-order chi connectivity index (χ1) is 8.25. The average molecular weight is 256 g/mol. The fourth-order valence-electron chi connectivity index (χ4n) is 2.52. The summed E-state index contributed by atoms with van der Waals surface area (Å²) in [7, 11) is 0. The highest BCUT2D eigenvalue weighted by molar-refractivity contribution is 6.07. The predicted octanol–water partition coefficient (Wildman–Crippen LogP) is 1.65. The van der Waals surface area contributed by atoms with Gasteiger partial charge in [0, 0.05) is 0 Å². The second-order valence-corrected chi connectivity index (χ2v) is 5.72. The molecule has 1 heterocycles. The standard InChI is InChI=1S/C13H24N2O3/c1-5-7-13(8-6-2)10(16)15(11(17)14-13)9-12(3,4)18/h18H,5-9H2,1-4H3,(H,14,17). The lowest BCUT2D eigenvalue weighted by atomic mass is 9.88. The third kappa shape index (κ3) is 3.02. The normalized spacial score (nSPS) is 19.3. The van der Waals surface area contributed by atoms with E-state index >= 15 is 0 Å². The molecule has 0 unspecified atom stereocenters. The number of hydrogen-bond acceptors (Lipinski definition) is 3. The molecule has 0 atom stereocenters. The minimum absolute atomic E-state index is 0.0346. The number of carbonyl (C=O) groups is 2. The van der Waals surface area contributed by atoms with Crippen molar-refractivity contribution in [1.29, 1.82) is 0 Å². The third-order valence-corrected chi connectivity index (χ3v) is 3.14. The number of urea groups is 1. The Hall–Kier alpha value is -1.10. The number of imide groups is 1. The summed E-state index contributed by atoms with van der Waals surface area (Å²) < 4.78 is 0. The van der Waals surface area contributed by atoms with Gasteiger partial charge in [-0.25, -0.2) is 4.79 Å². The van der Waals surface area contributed by atoms with Crippen LogP contribution in [0, 0.1) is 0 Å². The fraction of sp³-hybridized carbons (Fsp3) is 0.846. The maximum Gasteiger partial charge on any atom is 0.325 e. The Morgan fingerprint density at radius 3 is 2.11 bits per heavy atom. The van der Waals surface area contributed by atoms with Crippen molar-refractivity contribution in [2.24, 2.45) is 0 Å². The Kier molecular flexibility index (Phi) is 4.37. The Balaban J connectivity index is 2.93. The number of aliphatic hydroxyl groups is 1. The molecule has 1 rings (SSSR count). The highest BCUT2D eigenvalue weighted by Crippen LogP contribution is 2.28. The quantitative estimate of drug-likeness (QED) is 0.710. The zero-order valence-electron chi connectivity index (χ0n) is 11.7. The molecule has 1 aliphatic heterocycles. The highest BCUT2D eigenvalue weighted by Gasteiger charge is 2.50. The molecule has 5 nitrogen and oxygen atoms in total. The van der Waals surface area contributed by atoms with Gasteiger partial charge in [-0.05, 0) is 26.7 Å². The van der Waals surface area contributed by atoms with Crippen molar-refractivity contribution in [2.45, 2.75) is 64.5 Å². The van der Waals surface area contributed by atoms with Gasteiger partial charge in [0.05, 0.1) is 12.1 Å². The van der Waals surface area contributed by atoms with Crippen molar-refractivity contribution in [3.8, 4) is 0 Å². The lowest BCUT2D eigenvalue weighted by Crippen LogP contribution is -2.48. The smallest absolute Gasteiger partial charge is 0.325 e. The van der Waals surface area contributed by atoms with Crippen LogP contribution in [0.3, 0.4) is 0 Å². The summed E-state index contributed by atoms with van der Waals surface area (Å²) >= 11 is 0. The van der Waals surface area contributed by atoms with Crippen molar-refractivity contribution in [3.63, 3.8) is 0 Å². The lowest BCUT2D eigenvalue weighted by molar-refractivity contribution is -0.133. The van der Waals surface area contributed by atoms with Crippen molar-refractivity contribution in [3.05, 3.63) is 0 Å². The van der Waals surface area contributed by atoms with Crippen LogP contribution >= 0.6 is 0 Å².